The number of rotatable bonds is 3. The zero-order valence-corrected chi connectivity index (χ0v) is 12.4. The highest BCUT2D eigenvalue weighted by atomic mass is 79.9. The van der Waals surface area contributed by atoms with Gasteiger partial charge >= 0.3 is 5.97 Å². The average molecular weight is 329 g/mol. The molecule has 0 bridgehead atoms. The van der Waals surface area contributed by atoms with E-state index in [1.54, 1.807) is 0 Å². The first-order valence-corrected chi connectivity index (χ1v) is 7.59. The van der Waals surface area contributed by atoms with E-state index in [2.05, 4.69) is 28.1 Å². The molecule has 3 aromatic rings. The summed E-state index contributed by atoms with van der Waals surface area (Å²) in [6.07, 6.45) is 0.362. The Hall–Kier alpha value is -1.87. The quantitative estimate of drug-likeness (QED) is 0.302. The van der Waals surface area contributed by atoms with Crippen molar-refractivity contribution in [1.82, 2.24) is 0 Å². The van der Waals surface area contributed by atoms with Crippen LogP contribution in [-0.2, 0) is 4.79 Å². The maximum atomic E-state index is 11.7. The molecule has 0 fully saturated rings. The first kappa shape index (κ1) is 13.1. The average Bonchev–Trinajstić information content (AvgIpc) is 2.48. The molecule has 0 aliphatic carbocycles. The molecule has 0 atom stereocenters. The molecule has 0 saturated carbocycles. The highest BCUT2D eigenvalue weighted by Gasteiger charge is 2.10. The molecule has 0 heterocycles. The summed E-state index contributed by atoms with van der Waals surface area (Å²) in [6.45, 7) is 0. The number of alkyl halides is 1. The molecule has 100 valence electrons. The molecule has 0 aliphatic rings. The Morgan fingerprint density at radius 2 is 1.60 bits per heavy atom. The van der Waals surface area contributed by atoms with Crippen molar-refractivity contribution >= 4 is 43.4 Å². The van der Waals surface area contributed by atoms with Crippen LogP contribution in [0.5, 0.6) is 5.75 Å². The van der Waals surface area contributed by atoms with Crippen LogP contribution < -0.4 is 4.74 Å². The summed E-state index contributed by atoms with van der Waals surface area (Å²) in [6, 6.07) is 18.1. The van der Waals surface area contributed by atoms with Gasteiger partial charge in [-0.2, -0.15) is 0 Å². The third-order valence-corrected chi connectivity index (χ3v) is 3.65. The summed E-state index contributed by atoms with van der Waals surface area (Å²) in [5.74, 6) is 0.410. The van der Waals surface area contributed by atoms with Crippen molar-refractivity contribution in [2.45, 2.75) is 6.42 Å². The fourth-order valence-corrected chi connectivity index (χ4v) is 2.68. The van der Waals surface area contributed by atoms with Crippen LogP contribution in [0, 0.1) is 0 Å². The molecule has 20 heavy (non-hydrogen) atoms. The van der Waals surface area contributed by atoms with Gasteiger partial charge in [0.2, 0.25) is 0 Å². The Morgan fingerprint density at radius 3 is 2.35 bits per heavy atom. The van der Waals surface area contributed by atoms with E-state index in [0.717, 1.165) is 16.2 Å². The second kappa shape index (κ2) is 5.63. The van der Waals surface area contributed by atoms with Crippen molar-refractivity contribution < 1.29 is 9.53 Å². The minimum Gasteiger partial charge on any atom is -0.426 e. The van der Waals surface area contributed by atoms with E-state index in [-0.39, 0.29) is 5.97 Å². The van der Waals surface area contributed by atoms with Crippen LogP contribution in [0.3, 0.4) is 0 Å². The third kappa shape index (κ3) is 2.41. The predicted octanol–water partition coefficient (Wildman–Crippen LogP) is 4.68. The van der Waals surface area contributed by atoms with Gasteiger partial charge < -0.3 is 4.74 Å². The van der Waals surface area contributed by atoms with E-state index in [1.807, 2.05) is 42.5 Å². The minimum absolute atomic E-state index is 0.220. The number of carbonyl (C=O) groups excluding carboxylic acids is 1. The van der Waals surface area contributed by atoms with Gasteiger partial charge in [0.05, 0.1) is 6.42 Å². The predicted molar refractivity (Wildman–Crippen MR) is 85.5 cm³/mol. The summed E-state index contributed by atoms with van der Waals surface area (Å²) in [5.41, 5.74) is 0. The lowest BCUT2D eigenvalue weighted by molar-refractivity contribution is -0.133. The summed E-state index contributed by atoms with van der Waals surface area (Å²) < 4.78 is 5.51. The lowest BCUT2D eigenvalue weighted by Crippen LogP contribution is -2.08. The highest BCUT2D eigenvalue weighted by Crippen LogP contribution is 2.33. The Bertz CT molecular complexity index is 780. The van der Waals surface area contributed by atoms with E-state index < -0.39 is 0 Å². The molecule has 0 unspecified atom stereocenters. The Labute approximate surface area is 125 Å². The molecule has 3 heteroatoms. The van der Waals surface area contributed by atoms with Crippen molar-refractivity contribution in [3.05, 3.63) is 54.6 Å². The number of esters is 1. The number of halogens is 1. The topological polar surface area (TPSA) is 26.3 Å². The van der Waals surface area contributed by atoms with E-state index >= 15 is 0 Å². The Morgan fingerprint density at radius 1 is 0.950 bits per heavy atom. The second-order valence-corrected chi connectivity index (χ2v) is 5.35. The first-order valence-electron chi connectivity index (χ1n) is 6.47. The van der Waals surface area contributed by atoms with Gasteiger partial charge in [0.1, 0.15) is 5.75 Å². The molecule has 3 aromatic carbocycles. The summed E-state index contributed by atoms with van der Waals surface area (Å²) in [7, 11) is 0. The van der Waals surface area contributed by atoms with Crippen LogP contribution in [0.25, 0.3) is 21.5 Å². The number of hydrogen-bond acceptors (Lipinski definition) is 2. The third-order valence-electron chi connectivity index (χ3n) is 3.25. The van der Waals surface area contributed by atoms with E-state index in [9.17, 15) is 4.79 Å². The Balaban J connectivity index is 2.21. The standard InChI is InChI=1S/C17H13BrO2/c18-10-9-17(19)20-16-11-12-5-1-2-6-13(12)14-7-3-4-8-15(14)16/h1-8,11H,9-10H2. The van der Waals surface area contributed by atoms with Crippen LogP contribution in [-0.4, -0.2) is 11.3 Å². The number of ether oxygens (including phenoxy) is 1. The van der Waals surface area contributed by atoms with Gasteiger partial charge in [-0.25, -0.2) is 0 Å². The van der Waals surface area contributed by atoms with E-state index in [1.165, 1.54) is 5.39 Å². The van der Waals surface area contributed by atoms with Crippen molar-refractivity contribution in [3.63, 3.8) is 0 Å². The van der Waals surface area contributed by atoms with Crippen LogP contribution in [0.2, 0.25) is 0 Å². The monoisotopic (exact) mass is 328 g/mol. The lowest BCUT2D eigenvalue weighted by atomic mass is 10.0. The number of fused-ring (bicyclic) bond motifs is 3. The lowest BCUT2D eigenvalue weighted by Gasteiger charge is -2.10. The van der Waals surface area contributed by atoms with Crippen molar-refractivity contribution in [1.29, 1.82) is 0 Å². The van der Waals surface area contributed by atoms with Crippen LogP contribution >= 0.6 is 15.9 Å². The zero-order chi connectivity index (χ0) is 13.9. The normalized spacial score (nSPS) is 10.8. The number of benzene rings is 3. The largest absolute Gasteiger partial charge is 0.426 e. The maximum absolute atomic E-state index is 11.7. The highest BCUT2D eigenvalue weighted by molar-refractivity contribution is 9.09. The van der Waals surface area contributed by atoms with Gasteiger partial charge in [0, 0.05) is 10.7 Å². The number of hydrogen-bond donors (Lipinski definition) is 0. The minimum atomic E-state index is -0.220. The maximum Gasteiger partial charge on any atom is 0.312 e. The molecule has 0 N–H and O–H groups in total. The smallest absolute Gasteiger partial charge is 0.312 e. The SMILES string of the molecule is O=C(CCBr)Oc1cc2ccccc2c2ccccc12. The molecule has 0 spiro atoms. The molecule has 3 rings (SSSR count). The van der Waals surface area contributed by atoms with Crippen molar-refractivity contribution in [2.24, 2.45) is 0 Å². The van der Waals surface area contributed by atoms with Gasteiger partial charge in [-0.05, 0) is 22.2 Å². The molecule has 0 radical (unpaired) electrons. The van der Waals surface area contributed by atoms with Gasteiger partial charge in [-0.15, -0.1) is 0 Å². The first-order chi connectivity index (χ1) is 9.79. The van der Waals surface area contributed by atoms with Crippen molar-refractivity contribution in [3.8, 4) is 5.75 Å². The van der Waals surface area contributed by atoms with Crippen LogP contribution in [0.4, 0.5) is 0 Å². The molecule has 0 saturated heterocycles. The van der Waals surface area contributed by atoms with E-state index in [0.29, 0.717) is 17.5 Å². The summed E-state index contributed by atoms with van der Waals surface area (Å²) in [5, 5.41) is 4.93. The molecule has 2 nitrogen and oxygen atoms in total. The second-order valence-electron chi connectivity index (χ2n) is 4.55. The molecule has 0 aromatic heterocycles. The van der Waals surface area contributed by atoms with Gasteiger partial charge in [-0.1, -0.05) is 64.5 Å². The van der Waals surface area contributed by atoms with Crippen LogP contribution in [0.1, 0.15) is 6.42 Å². The van der Waals surface area contributed by atoms with Gasteiger partial charge in [0.15, 0.2) is 0 Å². The Kier molecular flexibility index (Phi) is 3.70. The molecular weight excluding hydrogens is 316 g/mol. The summed E-state index contributed by atoms with van der Waals surface area (Å²) in [4.78, 5) is 11.7. The van der Waals surface area contributed by atoms with Gasteiger partial charge in [0.25, 0.3) is 0 Å². The molecule has 0 aliphatic heterocycles. The number of carbonyl (C=O) groups is 1. The molecular formula is C17H13BrO2. The molecule has 0 amide bonds. The summed E-state index contributed by atoms with van der Waals surface area (Å²) >= 11 is 3.25. The van der Waals surface area contributed by atoms with E-state index in [4.69, 9.17) is 4.74 Å². The fraction of sp³-hybridized carbons (Fsp3) is 0.118. The van der Waals surface area contributed by atoms with Crippen molar-refractivity contribution in [2.75, 3.05) is 5.33 Å². The zero-order valence-electron chi connectivity index (χ0n) is 10.8. The fourth-order valence-electron chi connectivity index (χ4n) is 2.36. The van der Waals surface area contributed by atoms with Gasteiger partial charge in [-0.3, -0.25) is 4.79 Å². The van der Waals surface area contributed by atoms with Crippen LogP contribution in [0.15, 0.2) is 54.6 Å².